The molecule has 40 valence electrons. The van der Waals surface area contributed by atoms with E-state index < -0.39 is 0 Å². The molecular formula is C5H8S2. The Morgan fingerprint density at radius 2 is 1.14 bits per heavy atom. The van der Waals surface area contributed by atoms with E-state index in [0.29, 0.717) is 9.49 Å². The molecule has 3 fully saturated rings. The third kappa shape index (κ3) is 0.423. The topological polar surface area (TPSA) is 0 Å². The summed E-state index contributed by atoms with van der Waals surface area (Å²) in [5.41, 5.74) is 0. The average Bonchev–Trinajstić information content (AvgIpc) is 1.27. The van der Waals surface area contributed by atoms with Crippen LogP contribution >= 0.6 is 25.3 Å². The van der Waals surface area contributed by atoms with Gasteiger partial charge in [0.15, 0.2) is 0 Å². The van der Waals surface area contributed by atoms with E-state index in [0.717, 1.165) is 0 Å². The van der Waals surface area contributed by atoms with Crippen LogP contribution in [0.15, 0.2) is 0 Å². The van der Waals surface area contributed by atoms with Crippen LogP contribution in [-0.4, -0.2) is 9.49 Å². The summed E-state index contributed by atoms with van der Waals surface area (Å²) in [6.45, 7) is 0. The predicted molar refractivity (Wildman–Crippen MR) is 37.3 cm³/mol. The van der Waals surface area contributed by atoms with E-state index in [1.807, 2.05) is 0 Å². The van der Waals surface area contributed by atoms with Gasteiger partial charge in [-0.1, -0.05) is 0 Å². The Labute approximate surface area is 54.5 Å². The molecule has 2 heteroatoms. The molecule has 0 nitrogen and oxygen atoms in total. The maximum absolute atomic E-state index is 4.41. The van der Waals surface area contributed by atoms with Crippen molar-refractivity contribution in [3.63, 3.8) is 0 Å². The first-order chi connectivity index (χ1) is 3.12. The van der Waals surface area contributed by atoms with Crippen LogP contribution in [0.1, 0.15) is 19.3 Å². The molecule has 0 spiro atoms. The van der Waals surface area contributed by atoms with Gasteiger partial charge < -0.3 is 0 Å². The van der Waals surface area contributed by atoms with Gasteiger partial charge in [-0.05, 0) is 19.3 Å². The molecule has 0 aromatic rings. The fraction of sp³-hybridized carbons (Fsp3) is 1.00. The van der Waals surface area contributed by atoms with Gasteiger partial charge >= 0.3 is 0 Å². The van der Waals surface area contributed by atoms with Crippen molar-refractivity contribution in [2.75, 3.05) is 0 Å². The first-order valence-corrected chi connectivity index (χ1v) is 3.46. The van der Waals surface area contributed by atoms with E-state index in [9.17, 15) is 0 Å². The maximum atomic E-state index is 4.41. The summed E-state index contributed by atoms with van der Waals surface area (Å²) in [5.74, 6) is 0. The first-order valence-electron chi connectivity index (χ1n) is 2.57. The van der Waals surface area contributed by atoms with Crippen molar-refractivity contribution in [3.05, 3.63) is 0 Å². The Morgan fingerprint density at radius 3 is 1.14 bits per heavy atom. The van der Waals surface area contributed by atoms with Gasteiger partial charge in [-0.15, -0.1) is 0 Å². The van der Waals surface area contributed by atoms with Crippen LogP contribution in [0.4, 0.5) is 0 Å². The summed E-state index contributed by atoms with van der Waals surface area (Å²) in [6, 6.07) is 0. The third-order valence-corrected chi connectivity index (χ3v) is 2.92. The summed E-state index contributed by atoms with van der Waals surface area (Å²) < 4.78 is 0.892. The van der Waals surface area contributed by atoms with Crippen LogP contribution < -0.4 is 0 Å². The number of hydrogen-bond acceptors (Lipinski definition) is 2. The highest BCUT2D eigenvalue weighted by atomic mass is 32.1. The lowest BCUT2D eigenvalue weighted by atomic mass is 9.54. The van der Waals surface area contributed by atoms with Gasteiger partial charge in [0.1, 0.15) is 0 Å². The van der Waals surface area contributed by atoms with Gasteiger partial charge in [0.05, 0.1) is 0 Å². The molecular weight excluding hydrogens is 124 g/mol. The molecule has 3 saturated carbocycles. The Balaban J connectivity index is 2.16. The van der Waals surface area contributed by atoms with Crippen molar-refractivity contribution in [1.29, 1.82) is 0 Å². The molecule has 0 saturated heterocycles. The van der Waals surface area contributed by atoms with Crippen LogP contribution in [0.25, 0.3) is 0 Å². The predicted octanol–water partition coefficient (Wildman–Crippen LogP) is 1.52. The van der Waals surface area contributed by atoms with Crippen molar-refractivity contribution in [2.24, 2.45) is 0 Å². The zero-order chi connectivity index (χ0) is 5.12. The van der Waals surface area contributed by atoms with E-state index >= 15 is 0 Å². The highest BCUT2D eigenvalue weighted by molar-refractivity contribution is 7.84. The molecule has 3 aliphatic rings. The maximum Gasteiger partial charge on any atom is 0.0169 e. The molecule has 0 unspecified atom stereocenters. The zero-order valence-corrected chi connectivity index (χ0v) is 5.80. The van der Waals surface area contributed by atoms with Crippen molar-refractivity contribution in [3.8, 4) is 0 Å². The molecule has 0 amide bonds. The van der Waals surface area contributed by atoms with Gasteiger partial charge in [0, 0.05) is 9.49 Å². The molecule has 3 rings (SSSR count). The minimum absolute atomic E-state index is 0.446. The Kier molecular flexibility index (Phi) is 0.576. The van der Waals surface area contributed by atoms with Crippen molar-refractivity contribution in [2.45, 2.75) is 28.8 Å². The lowest BCUT2D eigenvalue weighted by Crippen LogP contribution is -2.65. The molecule has 0 atom stereocenters. The minimum atomic E-state index is 0.446. The van der Waals surface area contributed by atoms with Crippen LogP contribution in [-0.2, 0) is 0 Å². The fourth-order valence-corrected chi connectivity index (χ4v) is 3.87. The summed E-state index contributed by atoms with van der Waals surface area (Å²) in [4.78, 5) is 0. The molecule has 0 aromatic carbocycles. The number of rotatable bonds is 0. The zero-order valence-electron chi connectivity index (χ0n) is 4.02. The molecule has 7 heavy (non-hydrogen) atoms. The van der Waals surface area contributed by atoms with E-state index in [1.54, 1.807) is 0 Å². The van der Waals surface area contributed by atoms with Crippen molar-refractivity contribution in [1.82, 2.24) is 0 Å². The van der Waals surface area contributed by atoms with Gasteiger partial charge in [0.2, 0.25) is 0 Å². The standard InChI is InChI=1S/C5H8S2/c6-4-1-5(7,2-4)3-4/h6-7H,1-3H2. The smallest absolute Gasteiger partial charge is 0.0169 e. The molecule has 0 aromatic heterocycles. The first kappa shape index (κ1) is 4.57. The minimum Gasteiger partial charge on any atom is -0.172 e. The fourth-order valence-electron chi connectivity index (χ4n) is 1.68. The normalized spacial score (nSPS) is 66.0. The summed E-state index contributed by atoms with van der Waals surface area (Å²) in [6.07, 6.45) is 3.73. The summed E-state index contributed by atoms with van der Waals surface area (Å²) in [7, 11) is 0. The second-order valence-electron chi connectivity index (χ2n) is 2.98. The lowest BCUT2D eigenvalue weighted by Gasteiger charge is -2.66. The van der Waals surface area contributed by atoms with E-state index in [2.05, 4.69) is 25.3 Å². The number of thiol groups is 2. The van der Waals surface area contributed by atoms with Gasteiger partial charge in [0.25, 0.3) is 0 Å². The van der Waals surface area contributed by atoms with E-state index in [4.69, 9.17) is 0 Å². The molecule has 0 heterocycles. The summed E-state index contributed by atoms with van der Waals surface area (Å²) in [5, 5.41) is 0. The molecule has 0 aliphatic heterocycles. The second kappa shape index (κ2) is 0.883. The molecule has 0 N–H and O–H groups in total. The van der Waals surface area contributed by atoms with Crippen LogP contribution in [0, 0.1) is 0 Å². The second-order valence-corrected chi connectivity index (χ2v) is 4.88. The van der Waals surface area contributed by atoms with Crippen LogP contribution in [0.2, 0.25) is 0 Å². The van der Waals surface area contributed by atoms with Crippen molar-refractivity contribution >= 4 is 25.3 Å². The largest absolute Gasteiger partial charge is 0.172 e. The highest BCUT2D eigenvalue weighted by Gasteiger charge is 2.63. The quantitative estimate of drug-likeness (QED) is 0.459. The molecule has 2 bridgehead atoms. The van der Waals surface area contributed by atoms with Crippen LogP contribution in [0.3, 0.4) is 0 Å². The third-order valence-electron chi connectivity index (χ3n) is 1.97. The molecule has 3 aliphatic carbocycles. The number of hydrogen-bond donors (Lipinski definition) is 2. The average molecular weight is 132 g/mol. The monoisotopic (exact) mass is 132 g/mol. The summed E-state index contributed by atoms with van der Waals surface area (Å²) >= 11 is 8.83. The van der Waals surface area contributed by atoms with E-state index in [-0.39, 0.29) is 0 Å². The Bertz CT molecular complexity index is 87.5. The highest BCUT2D eigenvalue weighted by Crippen LogP contribution is 2.67. The van der Waals surface area contributed by atoms with Gasteiger partial charge in [-0.25, -0.2) is 0 Å². The van der Waals surface area contributed by atoms with Gasteiger partial charge in [-0.2, -0.15) is 25.3 Å². The Hall–Kier alpha value is 0.700. The van der Waals surface area contributed by atoms with Crippen LogP contribution in [0.5, 0.6) is 0 Å². The lowest BCUT2D eigenvalue weighted by molar-refractivity contribution is 0.102. The SMILES string of the molecule is SC12CC(S)(C1)C2. The van der Waals surface area contributed by atoms with E-state index in [1.165, 1.54) is 19.3 Å². The molecule has 0 radical (unpaired) electrons. The van der Waals surface area contributed by atoms with Gasteiger partial charge in [-0.3, -0.25) is 0 Å². The van der Waals surface area contributed by atoms with Crippen molar-refractivity contribution < 1.29 is 0 Å². The Morgan fingerprint density at radius 1 is 0.857 bits per heavy atom.